The Morgan fingerprint density at radius 2 is 2.44 bits per heavy atom. The Balaban J connectivity index is 1.97. The first-order valence-corrected chi connectivity index (χ1v) is 6.53. The maximum atomic E-state index is 11.8. The number of thiophene rings is 1. The minimum Gasteiger partial charge on any atom is -0.350 e. The molecular formula is C12H16N4OS. The highest BCUT2D eigenvalue weighted by molar-refractivity contribution is 7.10. The number of carbonyl (C=O) groups is 1. The van der Waals surface area contributed by atoms with Gasteiger partial charge in [-0.25, -0.2) is 0 Å². The van der Waals surface area contributed by atoms with Crippen LogP contribution >= 0.6 is 11.3 Å². The number of H-pyrrole nitrogens is 1. The second kappa shape index (κ2) is 5.79. The summed E-state index contributed by atoms with van der Waals surface area (Å²) >= 11 is 1.70. The Labute approximate surface area is 110 Å². The first-order chi connectivity index (χ1) is 8.68. The van der Waals surface area contributed by atoms with Crippen molar-refractivity contribution in [2.75, 3.05) is 20.6 Å². The minimum atomic E-state index is -0.104. The third-order valence-corrected chi connectivity index (χ3v) is 3.68. The number of nitrogens with zero attached hydrogens (tertiary/aromatic N) is 2. The number of hydrogen-bond donors (Lipinski definition) is 2. The number of carbonyl (C=O) groups excluding carboxylic acids is 1. The van der Waals surface area contributed by atoms with Crippen LogP contribution in [0.1, 0.15) is 21.3 Å². The number of rotatable bonds is 5. The summed E-state index contributed by atoms with van der Waals surface area (Å²) in [6.45, 7) is 0.581. The minimum absolute atomic E-state index is 0.104. The lowest BCUT2D eigenvalue weighted by Gasteiger charge is -2.23. The van der Waals surface area contributed by atoms with Crippen LogP contribution in [-0.2, 0) is 0 Å². The fourth-order valence-corrected chi connectivity index (χ4v) is 2.61. The van der Waals surface area contributed by atoms with Crippen molar-refractivity contribution in [3.05, 3.63) is 40.3 Å². The van der Waals surface area contributed by atoms with Crippen LogP contribution in [0.15, 0.2) is 29.9 Å². The lowest BCUT2D eigenvalue weighted by molar-refractivity contribution is 0.0942. The van der Waals surface area contributed by atoms with Gasteiger partial charge in [0.25, 0.3) is 5.91 Å². The summed E-state index contributed by atoms with van der Waals surface area (Å²) in [5.41, 5.74) is 0.554. The number of hydrogen-bond acceptors (Lipinski definition) is 4. The standard InChI is InChI=1S/C12H16N4OS/c1-16(2)10(11-4-3-5-18-11)8-13-12(17)9-6-14-15-7-9/h3-7,10H,8H2,1-2H3,(H,13,17)(H,14,15). The van der Waals surface area contributed by atoms with Crippen LogP contribution in [0, 0.1) is 0 Å². The van der Waals surface area contributed by atoms with Gasteiger partial charge in [-0.3, -0.25) is 9.89 Å². The number of nitrogens with one attached hydrogen (secondary N) is 2. The molecule has 0 spiro atoms. The molecule has 5 nitrogen and oxygen atoms in total. The lowest BCUT2D eigenvalue weighted by atomic mass is 10.2. The molecule has 2 aromatic rings. The zero-order chi connectivity index (χ0) is 13.0. The summed E-state index contributed by atoms with van der Waals surface area (Å²) in [6.07, 6.45) is 3.11. The summed E-state index contributed by atoms with van der Waals surface area (Å²) in [5.74, 6) is -0.104. The van der Waals surface area contributed by atoms with Crippen molar-refractivity contribution in [2.45, 2.75) is 6.04 Å². The number of aromatic nitrogens is 2. The van der Waals surface area contributed by atoms with Crippen molar-refractivity contribution >= 4 is 17.2 Å². The van der Waals surface area contributed by atoms with Crippen molar-refractivity contribution in [3.63, 3.8) is 0 Å². The van der Waals surface area contributed by atoms with Gasteiger partial charge in [-0.05, 0) is 25.5 Å². The van der Waals surface area contributed by atoms with Crippen LogP contribution in [0.5, 0.6) is 0 Å². The predicted octanol–water partition coefficient (Wildman–Crippen LogP) is 1.50. The second-order valence-electron chi connectivity index (χ2n) is 4.19. The van der Waals surface area contributed by atoms with E-state index in [-0.39, 0.29) is 11.9 Å². The quantitative estimate of drug-likeness (QED) is 0.860. The molecule has 1 unspecified atom stereocenters. The summed E-state index contributed by atoms with van der Waals surface area (Å²) in [7, 11) is 4.02. The topological polar surface area (TPSA) is 61.0 Å². The third kappa shape index (κ3) is 2.96. The van der Waals surface area contributed by atoms with Crippen LogP contribution < -0.4 is 5.32 Å². The fraction of sp³-hybridized carbons (Fsp3) is 0.333. The SMILES string of the molecule is CN(C)C(CNC(=O)c1cn[nH]c1)c1cccs1. The summed E-state index contributed by atoms with van der Waals surface area (Å²) < 4.78 is 0. The smallest absolute Gasteiger partial charge is 0.254 e. The largest absolute Gasteiger partial charge is 0.350 e. The highest BCUT2D eigenvalue weighted by Crippen LogP contribution is 2.22. The molecule has 0 saturated heterocycles. The molecule has 1 atom stereocenters. The Morgan fingerprint density at radius 3 is 3.00 bits per heavy atom. The van der Waals surface area contributed by atoms with Crippen LogP contribution in [-0.4, -0.2) is 41.6 Å². The van der Waals surface area contributed by atoms with Gasteiger partial charge in [0.2, 0.25) is 0 Å². The monoisotopic (exact) mass is 264 g/mol. The van der Waals surface area contributed by atoms with Gasteiger partial charge in [0, 0.05) is 17.6 Å². The maximum Gasteiger partial charge on any atom is 0.254 e. The first kappa shape index (κ1) is 12.8. The van der Waals surface area contributed by atoms with Gasteiger partial charge in [0.15, 0.2) is 0 Å². The van der Waals surface area contributed by atoms with Crippen molar-refractivity contribution in [1.29, 1.82) is 0 Å². The zero-order valence-corrected chi connectivity index (χ0v) is 11.2. The Hall–Kier alpha value is -1.66. The summed E-state index contributed by atoms with van der Waals surface area (Å²) in [6, 6.07) is 4.30. The van der Waals surface area contributed by atoms with Crippen molar-refractivity contribution in [3.8, 4) is 0 Å². The highest BCUT2D eigenvalue weighted by atomic mass is 32.1. The van der Waals surface area contributed by atoms with Crippen LogP contribution in [0.25, 0.3) is 0 Å². The molecule has 2 rings (SSSR count). The molecular weight excluding hydrogens is 248 g/mol. The Kier molecular flexibility index (Phi) is 4.11. The van der Waals surface area contributed by atoms with E-state index in [9.17, 15) is 4.79 Å². The normalized spacial score (nSPS) is 12.6. The average molecular weight is 264 g/mol. The van der Waals surface area contributed by atoms with E-state index in [1.165, 1.54) is 11.1 Å². The predicted molar refractivity (Wildman–Crippen MR) is 71.7 cm³/mol. The molecule has 0 fully saturated rings. The summed E-state index contributed by atoms with van der Waals surface area (Å²) in [4.78, 5) is 15.2. The molecule has 0 radical (unpaired) electrons. The van der Waals surface area contributed by atoms with Crippen molar-refractivity contribution in [1.82, 2.24) is 20.4 Å². The molecule has 0 bridgehead atoms. The Morgan fingerprint density at radius 1 is 1.61 bits per heavy atom. The van der Waals surface area contributed by atoms with E-state index >= 15 is 0 Å². The van der Waals surface area contributed by atoms with Gasteiger partial charge in [0.05, 0.1) is 17.8 Å². The van der Waals surface area contributed by atoms with Crippen molar-refractivity contribution < 1.29 is 4.79 Å². The van der Waals surface area contributed by atoms with Crippen LogP contribution in [0.2, 0.25) is 0 Å². The van der Waals surface area contributed by atoms with E-state index in [1.807, 2.05) is 25.5 Å². The molecule has 6 heteroatoms. The van der Waals surface area contributed by atoms with Gasteiger partial charge >= 0.3 is 0 Å². The van der Waals surface area contributed by atoms with Gasteiger partial charge in [-0.15, -0.1) is 11.3 Å². The van der Waals surface area contributed by atoms with Gasteiger partial charge in [-0.1, -0.05) is 6.07 Å². The molecule has 18 heavy (non-hydrogen) atoms. The second-order valence-corrected chi connectivity index (χ2v) is 5.17. The highest BCUT2D eigenvalue weighted by Gasteiger charge is 2.16. The Bertz CT molecular complexity index is 478. The molecule has 0 aliphatic heterocycles. The van der Waals surface area contributed by atoms with Crippen molar-refractivity contribution in [2.24, 2.45) is 0 Å². The molecule has 96 valence electrons. The summed E-state index contributed by atoms with van der Waals surface area (Å²) in [5, 5.41) is 11.4. The lowest BCUT2D eigenvalue weighted by Crippen LogP contribution is -2.34. The molecule has 2 aromatic heterocycles. The van der Waals surface area contributed by atoms with E-state index < -0.39 is 0 Å². The number of aromatic amines is 1. The van der Waals surface area contributed by atoms with Gasteiger partial charge < -0.3 is 10.2 Å². The van der Waals surface area contributed by atoms with E-state index in [0.717, 1.165) is 0 Å². The van der Waals surface area contributed by atoms with Gasteiger partial charge in [-0.2, -0.15) is 5.10 Å². The molecule has 1 amide bonds. The first-order valence-electron chi connectivity index (χ1n) is 5.65. The van der Waals surface area contributed by atoms with E-state index in [4.69, 9.17) is 0 Å². The molecule has 0 saturated carbocycles. The third-order valence-electron chi connectivity index (χ3n) is 2.71. The fourth-order valence-electron chi connectivity index (χ4n) is 1.69. The molecule has 2 heterocycles. The van der Waals surface area contributed by atoms with E-state index in [0.29, 0.717) is 12.1 Å². The van der Waals surface area contributed by atoms with Crippen LogP contribution in [0.4, 0.5) is 0 Å². The van der Waals surface area contributed by atoms with Crippen LogP contribution in [0.3, 0.4) is 0 Å². The van der Waals surface area contributed by atoms with E-state index in [1.54, 1.807) is 17.5 Å². The average Bonchev–Trinajstić information content (AvgIpc) is 3.01. The maximum absolute atomic E-state index is 11.8. The molecule has 2 N–H and O–H groups in total. The molecule has 0 aromatic carbocycles. The zero-order valence-electron chi connectivity index (χ0n) is 10.4. The molecule has 0 aliphatic carbocycles. The number of amides is 1. The van der Waals surface area contributed by atoms with E-state index in [2.05, 4.69) is 26.5 Å². The van der Waals surface area contributed by atoms with Gasteiger partial charge in [0.1, 0.15) is 0 Å². The number of likely N-dealkylation sites (N-methyl/N-ethyl adjacent to an activating group) is 1. The molecule has 0 aliphatic rings.